The average molecular weight is 503 g/mol. The van der Waals surface area contributed by atoms with Crippen molar-refractivity contribution < 1.29 is 4.74 Å². The molecule has 0 amide bonds. The molecule has 0 aliphatic heterocycles. The Kier molecular flexibility index (Phi) is 8.36. The Bertz CT molecular complexity index is 779. The van der Waals surface area contributed by atoms with Gasteiger partial charge < -0.3 is 4.74 Å². The highest BCUT2D eigenvalue weighted by molar-refractivity contribution is 14.1. The topological polar surface area (TPSA) is 9.23 Å². The number of ether oxygens (including phenoxy) is 1. The van der Waals surface area contributed by atoms with Crippen molar-refractivity contribution in [2.45, 2.75) is 26.2 Å². The minimum Gasteiger partial charge on any atom is -0.493 e. The predicted molar refractivity (Wildman–Crippen MR) is 134 cm³/mol. The van der Waals surface area contributed by atoms with Crippen molar-refractivity contribution in [2.24, 2.45) is 0 Å². The van der Waals surface area contributed by atoms with Crippen LogP contribution in [0, 0.1) is 0 Å². The maximum atomic E-state index is 5.84. The molecule has 0 heterocycles. The van der Waals surface area contributed by atoms with E-state index in [9.17, 15) is 0 Å². The summed E-state index contributed by atoms with van der Waals surface area (Å²) in [4.78, 5) is 0. The number of rotatable bonds is 10. The molecule has 0 N–H and O–H groups in total. The van der Waals surface area contributed by atoms with Gasteiger partial charge in [0.05, 0.1) is 12.8 Å². The monoisotopic (exact) mass is 503 g/mol. The molecule has 0 saturated carbocycles. The predicted octanol–water partition coefficient (Wildman–Crippen LogP) is 5.98. The van der Waals surface area contributed by atoms with E-state index in [1.54, 1.807) is 0 Å². The molecule has 3 aromatic rings. The molecule has 146 valence electrons. The summed E-state index contributed by atoms with van der Waals surface area (Å²) in [5, 5.41) is 4.39. The van der Waals surface area contributed by atoms with Crippen LogP contribution in [0.2, 0.25) is 0 Å². The summed E-state index contributed by atoms with van der Waals surface area (Å²) >= 11 is 2.35. The summed E-state index contributed by atoms with van der Waals surface area (Å²) in [6, 6.07) is 31.2. The largest absolute Gasteiger partial charge is 0.493 e. The quantitative estimate of drug-likeness (QED) is 0.143. The Morgan fingerprint density at radius 2 is 1.25 bits per heavy atom. The van der Waals surface area contributed by atoms with E-state index in [4.69, 9.17) is 4.74 Å². The summed E-state index contributed by atoms with van der Waals surface area (Å²) in [6.07, 6.45) is 4.98. The van der Waals surface area contributed by atoms with Gasteiger partial charge in [-0.3, -0.25) is 0 Å². The molecular formula is C25H29IOP+. The van der Waals surface area contributed by atoms with Crippen LogP contribution < -0.4 is 20.7 Å². The average Bonchev–Trinajstić information content (AvgIpc) is 2.77. The molecule has 0 aromatic heterocycles. The van der Waals surface area contributed by atoms with E-state index < -0.39 is 7.26 Å². The van der Waals surface area contributed by atoms with Gasteiger partial charge in [0.2, 0.25) is 0 Å². The van der Waals surface area contributed by atoms with Gasteiger partial charge in [0, 0.05) is 4.43 Å². The van der Waals surface area contributed by atoms with Gasteiger partial charge in [0.25, 0.3) is 0 Å². The summed E-state index contributed by atoms with van der Waals surface area (Å²) in [7, 11) is -1.69. The second-order valence-electron chi connectivity index (χ2n) is 6.94. The second kappa shape index (κ2) is 11.0. The third kappa shape index (κ3) is 4.96. The zero-order valence-corrected chi connectivity index (χ0v) is 19.6. The lowest BCUT2D eigenvalue weighted by atomic mass is 10.3. The highest BCUT2D eigenvalue weighted by Gasteiger charge is 2.44. The van der Waals surface area contributed by atoms with Crippen LogP contribution in [0.4, 0.5) is 0 Å². The van der Waals surface area contributed by atoms with Crippen molar-refractivity contribution in [3.63, 3.8) is 0 Å². The second-order valence-corrected chi connectivity index (χ2v) is 11.6. The smallest absolute Gasteiger partial charge is 0.119 e. The van der Waals surface area contributed by atoms with Crippen LogP contribution in [0.3, 0.4) is 0 Å². The molecule has 0 atom stereocenters. The van der Waals surface area contributed by atoms with Crippen molar-refractivity contribution >= 4 is 45.8 Å². The first-order valence-electron chi connectivity index (χ1n) is 10.1. The zero-order chi connectivity index (χ0) is 19.7. The summed E-state index contributed by atoms with van der Waals surface area (Å²) < 4.78 is 6.84. The van der Waals surface area contributed by atoms with E-state index in [1.807, 2.05) is 0 Å². The Labute approximate surface area is 184 Å². The molecule has 0 spiro atoms. The van der Waals surface area contributed by atoms with Crippen LogP contribution in [0.25, 0.3) is 0 Å². The summed E-state index contributed by atoms with van der Waals surface area (Å²) in [5.74, 6) is 0.966. The minimum atomic E-state index is -1.69. The van der Waals surface area contributed by atoms with Gasteiger partial charge in [-0.15, -0.1) is 0 Å². The van der Waals surface area contributed by atoms with Gasteiger partial charge in [-0.05, 0) is 55.0 Å². The molecule has 0 bridgehead atoms. The lowest BCUT2D eigenvalue weighted by Crippen LogP contribution is -2.33. The molecule has 28 heavy (non-hydrogen) atoms. The molecule has 0 unspecified atom stereocenters. The van der Waals surface area contributed by atoms with Crippen LogP contribution in [-0.4, -0.2) is 17.2 Å². The van der Waals surface area contributed by atoms with Gasteiger partial charge in [0.15, 0.2) is 0 Å². The fourth-order valence-corrected chi connectivity index (χ4v) is 8.36. The number of unbranched alkanes of at least 4 members (excludes halogenated alkanes) is 2. The first-order chi connectivity index (χ1) is 13.8. The van der Waals surface area contributed by atoms with Gasteiger partial charge in [0.1, 0.15) is 28.9 Å². The SMILES string of the molecule is CCCCC[P+](c1ccccc1)(c1ccccc1)c1ccc(OCCI)cc1. The lowest BCUT2D eigenvalue weighted by Gasteiger charge is -2.28. The summed E-state index contributed by atoms with van der Waals surface area (Å²) in [6.45, 7) is 3.04. The fraction of sp³-hybridized carbons (Fsp3) is 0.280. The third-order valence-corrected chi connectivity index (χ3v) is 10.1. The standard InChI is InChI=1S/C25H29IOP/c1-2-3-10-21-28(23-11-6-4-7-12-23,24-13-8-5-9-14-24)25-17-15-22(16-18-25)27-20-19-26/h4-9,11-18H,2-3,10,19-21H2,1H3/q+1. The molecule has 0 aliphatic carbocycles. The van der Waals surface area contributed by atoms with Crippen LogP contribution in [0.1, 0.15) is 26.2 Å². The van der Waals surface area contributed by atoms with Crippen molar-refractivity contribution in [1.29, 1.82) is 0 Å². The van der Waals surface area contributed by atoms with Crippen LogP contribution in [-0.2, 0) is 0 Å². The van der Waals surface area contributed by atoms with Gasteiger partial charge in [-0.1, -0.05) is 78.8 Å². The van der Waals surface area contributed by atoms with E-state index in [0.29, 0.717) is 0 Å². The van der Waals surface area contributed by atoms with Crippen molar-refractivity contribution in [3.8, 4) is 5.75 Å². The van der Waals surface area contributed by atoms with E-state index in [1.165, 1.54) is 41.3 Å². The van der Waals surface area contributed by atoms with Crippen LogP contribution in [0.5, 0.6) is 5.75 Å². The van der Waals surface area contributed by atoms with E-state index in [-0.39, 0.29) is 0 Å². The molecule has 0 aliphatic rings. The number of hydrogen-bond acceptors (Lipinski definition) is 1. The van der Waals surface area contributed by atoms with Crippen LogP contribution >= 0.6 is 29.9 Å². The maximum absolute atomic E-state index is 5.84. The Balaban J connectivity index is 2.11. The molecule has 0 saturated heterocycles. The highest BCUT2D eigenvalue weighted by Crippen LogP contribution is 2.56. The Morgan fingerprint density at radius 1 is 0.714 bits per heavy atom. The van der Waals surface area contributed by atoms with Gasteiger partial charge in [-0.2, -0.15) is 0 Å². The van der Waals surface area contributed by atoms with Crippen molar-refractivity contribution in [1.82, 2.24) is 0 Å². The molecule has 3 heteroatoms. The normalized spacial score (nSPS) is 11.4. The highest BCUT2D eigenvalue weighted by atomic mass is 127. The number of alkyl halides is 1. The van der Waals surface area contributed by atoms with Crippen LogP contribution in [0.15, 0.2) is 84.9 Å². The molecular weight excluding hydrogens is 474 g/mol. The zero-order valence-electron chi connectivity index (χ0n) is 16.6. The first kappa shape index (κ1) is 21.3. The maximum Gasteiger partial charge on any atom is 0.119 e. The first-order valence-corrected chi connectivity index (χ1v) is 13.6. The third-order valence-electron chi connectivity index (χ3n) is 5.11. The molecule has 0 fully saturated rings. The number of halogens is 1. The lowest BCUT2D eigenvalue weighted by molar-refractivity contribution is 0.346. The molecule has 0 radical (unpaired) electrons. The van der Waals surface area contributed by atoms with Crippen molar-refractivity contribution in [3.05, 3.63) is 84.9 Å². The fourth-order valence-electron chi connectivity index (χ4n) is 3.75. The molecule has 3 aromatic carbocycles. The van der Waals surface area contributed by atoms with E-state index >= 15 is 0 Å². The van der Waals surface area contributed by atoms with E-state index in [2.05, 4.69) is 114 Å². The summed E-state index contributed by atoms with van der Waals surface area (Å²) in [5.41, 5.74) is 0. The minimum absolute atomic E-state index is 0.758. The molecule has 1 nitrogen and oxygen atoms in total. The number of benzene rings is 3. The Hall–Kier alpha value is -1.38. The Morgan fingerprint density at radius 3 is 1.75 bits per heavy atom. The van der Waals surface area contributed by atoms with Crippen molar-refractivity contribution in [2.75, 3.05) is 17.2 Å². The van der Waals surface area contributed by atoms with Gasteiger partial charge in [-0.25, -0.2) is 0 Å². The van der Waals surface area contributed by atoms with Gasteiger partial charge >= 0.3 is 0 Å². The molecule has 3 rings (SSSR count). The number of hydrogen-bond donors (Lipinski definition) is 0. The van der Waals surface area contributed by atoms with E-state index in [0.717, 1.165) is 16.8 Å².